The molecule has 1 unspecified atom stereocenters. The SMILES string of the molecule is CC1(C(=O)O)CNC(=O)O1. The van der Waals surface area contributed by atoms with Gasteiger partial charge in [0, 0.05) is 0 Å². The summed E-state index contributed by atoms with van der Waals surface area (Å²) >= 11 is 0. The molecule has 1 amide bonds. The normalized spacial score (nSPS) is 31.1. The fraction of sp³-hybridized carbons (Fsp3) is 0.600. The molecule has 0 radical (unpaired) electrons. The van der Waals surface area contributed by atoms with Crippen LogP contribution in [0.5, 0.6) is 0 Å². The molecule has 2 N–H and O–H groups in total. The zero-order valence-electron chi connectivity index (χ0n) is 5.38. The number of cyclic esters (lactones) is 1. The molecule has 5 heteroatoms. The summed E-state index contributed by atoms with van der Waals surface area (Å²) in [5.41, 5.74) is -1.38. The van der Waals surface area contributed by atoms with Crippen molar-refractivity contribution in [2.75, 3.05) is 6.54 Å². The maximum Gasteiger partial charge on any atom is 0.408 e. The molecule has 0 saturated carbocycles. The van der Waals surface area contributed by atoms with Crippen molar-refractivity contribution in [2.45, 2.75) is 12.5 Å². The van der Waals surface area contributed by atoms with Gasteiger partial charge in [-0.25, -0.2) is 9.59 Å². The highest BCUT2D eigenvalue weighted by Crippen LogP contribution is 2.14. The van der Waals surface area contributed by atoms with E-state index in [2.05, 4.69) is 10.1 Å². The summed E-state index contributed by atoms with van der Waals surface area (Å²) in [7, 11) is 0. The molecule has 1 rings (SSSR count). The van der Waals surface area contributed by atoms with Crippen molar-refractivity contribution in [3.8, 4) is 0 Å². The van der Waals surface area contributed by atoms with Gasteiger partial charge in [-0.2, -0.15) is 0 Å². The molecule has 1 atom stereocenters. The predicted molar refractivity (Wildman–Crippen MR) is 30.5 cm³/mol. The van der Waals surface area contributed by atoms with E-state index in [1.54, 1.807) is 0 Å². The average Bonchev–Trinajstić information content (AvgIpc) is 2.13. The molecule has 1 saturated heterocycles. The van der Waals surface area contributed by atoms with Crippen LogP contribution in [0.25, 0.3) is 0 Å². The molecule has 1 heterocycles. The first-order chi connectivity index (χ1) is 4.54. The first-order valence-corrected chi connectivity index (χ1v) is 2.75. The van der Waals surface area contributed by atoms with Crippen LogP contribution in [0.15, 0.2) is 0 Å². The van der Waals surface area contributed by atoms with Crippen LogP contribution in [-0.4, -0.2) is 29.3 Å². The number of carbonyl (C=O) groups excluding carboxylic acids is 1. The summed E-state index contributed by atoms with van der Waals surface area (Å²) in [4.78, 5) is 20.7. The summed E-state index contributed by atoms with van der Waals surface area (Å²) in [6.45, 7) is 1.37. The molecule has 0 aromatic carbocycles. The highest BCUT2D eigenvalue weighted by Gasteiger charge is 2.42. The molecule has 0 aromatic rings. The Morgan fingerprint density at radius 2 is 2.50 bits per heavy atom. The van der Waals surface area contributed by atoms with Crippen LogP contribution in [0.3, 0.4) is 0 Å². The third-order valence-electron chi connectivity index (χ3n) is 1.34. The second kappa shape index (κ2) is 1.86. The van der Waals surface area contributed by atoms with Crippen LogP contribution in [0.2, 0.25) is 0 Å². The molecule has 1 aliphatic heterocycles. The minimum Gasteiger partial charge on any atom is -0.478 e. The zero-order valence-corrected chi connectivity index (χ0v) is 5.38. The summed E-state index contributed by atoms with van der Waals surface area (Å²) in [5, 5.41) is 10.7. The van der Waals surface area contributed by atoms with Crippen LogP contribution in [0.4, 0.5) is 4.79 Å². The maximum absolute atomic E-state index is 10.4. The van der Waals surface area contributed by atoms with Crippen molar-refractivity contribution in [1.82, 2.24) is 5.32 Å². The van der Waals surface area contributed by atoms with E-state index in [0.29, 0.717) is 0 Å². The Kier molecular flexibility index (Phi) is 1.28. The Morgan fingerprint density at radius 1 is 1.90 bits per heavy atom. The molecule has 1 aliphatic rings. The van der Waals surface area contributed by atoms with Gasteiger partial charge in [0.25, 0.3) is 0 Å². The lowest BCUT2D eigenvalue weighted by Crippen LogP contribution is -2.38. The topological polar surface area (TPSA) is 75.6 Å². The lowest BCUT2D eigenvalue weighted by Gasteiger charge is -2.13. The number of carboxylic acid groups (broad SMARTS) is 1. The van der Waals surface area contributed by atoms with Crippen LogP contribution in [-0.2, 0) is 9.53 Å². The molecular formula is C5H7NO4. The molecule has 0 aromatic heterocycles. The second-order valence-corrected chi connectivity index (χ2v) is 2.28. The van der Waals surface area contributed by atoms with Gasteiger partial charge in [0.2, 0.25) is 5.60 Å². The van der Waals surface area contributed by atoms with Gasteiger partial charge in [0.15, 0.2) is 0 Å². The summed E-state index contributed by atoms with van der Waals surface area (Å²) in [6, 6.07) is 0. The predicted octanol–water partition coefficient (Wildman–Crippen LogP) is -0.431. The summed E-state index contributed by atoms with van der Waals surface area (Å²) < 4.78 is 4.46. The zero-order chi connectivity index (χ0) is 7.78. The van der Waals surface area contributed by atoms with Gasteiger partial charge < -0.3 is 15.2 Å². The van der Waals surface area contributed by atoms with Crippen LogP contribution in [0, 0.1) is 0 Å². The first kappa shape index (κ1) is 6.85. The lowest BCUT2D eigenvalue weighted by molar-refractivity contribution is -0.153. The Hall–Kier alpha value is -1.26. The van der Waals surface area contributed by atoms with E-state index < -0.39 is 17.7 Å². The smallest absolute Gasteiger partial charge is 0.408 e. The van der Waals surface area contributed by atoms with E-state index in [1.165, 1.54) is 6.92 Å². The van der Waals surface area contributed by atoms with Gasteiger partial charge in [-0.3, -0.25) is 0 Å². The molecule has 1 fully saturated rings. The summed E-state index contributed by atoms with van der Waals surface area (Å²) in [5.74, 6) is -1.13. The highest BCUT2D eigenvalue weighted by molar-refractivity contribution is 5.84. The van der Waals surface area contributed by atoms with E-state index in [-0.39, 0.29) is 6.54 Å². The van der Waals surface area contributed by atoms with Crippen molar-refractivity contribution in [3.05, 3.63) is 0 Å². The molecule has 5 nitrogen and oxygen atoms in total. The van der Waals surface area contributed by atoms with Gasteiger partial charge in [-0.05, 0) is 6.92 Å². The molecule has 56 valence electrons. The van der Waals surface area contributed by atoms with Crippen LogP contribution >= 0.6 is 0 Å². The standard InChI is InChI=1S/C5H7NO4/c1-5(3(7)8)2-6-4(9)10-5/h2H2,1H3,(H,6,9)(H,7,8). The van der Waals surface area contributed by atoms with Crippen LogP contribution in [0.1, 0.15) is 6.92 Å². The quantitative estimate of drug-likeness (QED) is 0.525. The monoisotopic (exact) mass is 145 g/mol. The van der Waals surface area contributed by atoms with E-state index in [0.717, 1.165) is 0 Å². The van der Waals surface area contributed by atoms with Crippen molar-refractivity contribution < 1.29 is 19.4 Å². The number of aliphatic carboxylic acids is 1. The molecule has 0 spiro atoms. The fourth-order valence-electron chi connectivity index (χ4n) is 0.637. The van der Waals surface area contributed by atoms with E-state index >= 15 is 0 Å². The Balaban J connectivity index is 2.72. The van der Waals surface area contributed by atoms with Gasteiger partial charge in [-0.15, -0.1) is 0 Å². The molecule has 0 aliphatic carbocycles. The van der Waals surface area contributed by atoms with Crippen molar-refractivity contribution in [1.29, 1.82) is 0 Å². The average molecular weight is 145 g/mol. The minimum atomic E-state index is -1.38. The van der Waals surface area contributed by atoms with Gasteiger partial charge in [0.05, 0.1) is 6.54 Å². The molecule has 0 bridgehead atoms. The fourth-order valence-corrected chi connectivity index (χ4v) is 0.637. The molecular weight excluding hydrogens is 138 g/mol. The van der Waals surface area contributed by atoms with Crippen LogP contribution < -0.4 is 5.32 Å². The second-order valence-electron chi connectivity index (χ2n) is 2.28. The van der Waals surface area contributed by atoms with E-state index in [1.807, 2.05) is 0 Å². The van der Waals surface area contributed by atoms with Gasteiger partial charge >= 0.3 is 12.1 Å². The van der Waals surface area contributed by atoms with Crippen molar-refractivity contribution in [2.24, 2.45) is 0 Å². The van der Waals surface area contributed by atoms with E-state index in [9.17, 15) is 9.59 Å². The number of ether oxygens (including phenoxy) is 1. The number of rotatable bonds is 1. The largest absolute Gasteiger partial charge is 0.478 e. The van der Waals surface area contributed by atoms with Crippen molar-refractivity contribution >= 4 is 12.1 Å². The minimum absolute atomic E-state index is 0.0289. The maximum atomic E-state index is 10.4. The number of hydrogen-bond donors (Lipinski definition) is 2. The third kappa shape index (κ3) is 0.896. The Bertz CT molecular complexity index is 190. The Labute approximate surface area is 57.0 Å². The van der Waals surface area contributed by atoms with E-state index in [4.69, 9.17) is 5.11 Å². The van der Waals surface area contributed by atoms with Gasteiger partial charge in [0.1, 0.15) is 0 Å². The van der Waals surface area contributed by atoms with Gasteiger partial charge in [-0.1, -0.05) is 0 Å². The number of carbonyl (C=O) groups is 2. The third-order valence-corrected chi connectivity index (χ3v) is 1.34. The first-order valence-electron chi connectivity index (χ1n) is 2.75. The number of nitrogens with one attached hydrogen (secondary N) is 1. The Morgan fingerprint density at radius 3 is 2.70 bits per heavy atom. The highest BCUT2D eigenvalue weighted by atomic mass is 16.6. The lowest BCUT2D eigenvalue weighted by atomic mass is 10.1. The molecule has 10 heavy (non-hydrogen) atoms. The number of carboxylic acids is 1. The number of amides is 1. The van der Waals surface area contributed by atoms with Crippen molar-refractivity contribution in [3.63, 3.8) is 0 Å². The number of hydrogen-bond acceptors (Lipinski definition) is 3. The number of alkyl carbamates (subject to hydrolysis) is 1. The summed E-state index contributed by atoms with van der Waals surface area (Å²) in [6.07, 6.45) is -0.676.